The molecule has 5 heteroatoms. The van der Waals surface area contributed by atoms with Crippen molar-refractivity contribution in [1.29, 1.82) is 0 Å². The first-order valence-electron chi connectivity index (χ1n) is 3.37. The summed E-state index contributed by atoms with van der Waals surface area (Å²) in [5.74, 6) is 2.32. The second kappa shape index (κ2) is 4.01. The summed E-state index contributed by atoms with van der Waals surface area (Å²) in [5, 5.41) is 10.5. The third-order valence-electron chi connectivity index (χ3n) is 1.38. The quantitative estimate of drug-likeness (QED) is 0.451. The number of nitro groups is 1. The van der Waals surface area contributed by atoms with Crippen LogP contribution in [-0.4, -0.2) is 9.91 Å². The predicted molar refractivity (Wildman–Crippen MR) is 51.1 cm³/mol. The number of aromatic nitrogens is 1. The summed E-state index contributed by atoms with van der Waals surface area (Å²) in [6, 6.07) is 1.39. The molecule has 0 aliphatic heterocycles. The van der Waals surface area contributed by atoms with Crippen LogP contribution < -0.4 is 0 Å². The monoisotopic (exact) mass is 240 g/mol. The van der Waals surface area contributed by atoms with E-state index >= 15 is 0 Å². The number of hydrogen-bond donors (Lipinski definition) is 0. The molecule has 1 aromatic rings. The van der Waals surface area contributed by atoms with Crippen LogP contribution in [0.2, 0.25) is 0 Å². The van der Waals surface area contributed by atoms with Gasteiger partial charge >= 0.3 is 0 Å². The largest absolute Gasteiger partial charge is 0.292 e. The molecule has 0 fully saturated rings. The highest BCUT2D eigenvalue weighted by Crippen LogP contribution is 2.21. The lowest BCUT2D eigenvalue weighted by atomic mass is 10.2. The first-order chi connectivity index (χ1) is 6.15. The van der Waals surface area contributed by atoms with E-state index in [4.69, 9.17) is 6.42 Å². The SMILES string of the molecule is C#CCc1ncc(Br)cc1[N+](=O)[O-]. The molecule has 0 saturated carbocycles. The fourth-order valence-electron chi connectivity index (χ4n) is 0.848. The van der Waals surface area contributed by atoms with Crippen molar-refractivity contribution in [2.45, 2.75) is 6.42 Å². The molecule has 0 N–H and O–H groups in total. The summed E-state index contributed by atoms with van der Waals surface area (Å²) < 4.78 is 0.569. The van der Waals surface area contributed by atoms with Crippen LogP contribution in [0.5, 0.6) is 0 Å². The Morgan fingerprint density at radius 3 is 3.00 bits per heavy atom. The molecule has 66 valence electrons. The average molecular weight is 241 g/mol. The van der Waals surface area contributed by atoms with Gasteiger partial charge in [-0.2, -0.15) is 0 Å². The number of hydrogen-bond acceptors (Lipinski definition) is 3. The van der Waals surface area contributed by atoms with Gasteiger partial charge in [-0.1, -0.05) is 0 Å². The van der Waals surface area contributed by atoms with Gasteiger partial charge in [-0.3, -0.25) is 15.1 Å². The van der Waals surface area contributed by atoms with Crippen molar-refractivity contribution in [3.05, 3.63) is 32.5 Å². The Morgan fingerprint density at radius 1 is 1.77 bits per heavy atom. The second-order valence-electron chi connectivity index (χ2n) is 2.26. The minimum absolute atomic E-state index is 0.0488. The fourth-order valence-corrected chi connectivity index (χ4v) is 1.17. The number of nitrogens with zero attached hydrogens (tertiary/aromatic N) is 2. The van der Waals surface area contributed by atoms with E-state index in [9.17, 15) is 10.1 Å². The Kier molecular flexibility index (Phi) is 2.98. The zero-order valence-electron chi connectivity index (χ0n) is 6.53. The Labute approximate surface area is 83.3 Å². The zero-order chi connectivity index (χ0) is 9.84. The van der Waals surface area contributed by atoms with Gasteiger partial charge in [-0.25, -0.2) is 0 Å². The smallest absolute Gasteiger partial charge is 0.258 e. The van der Waals surface area contributed by atoms with Crippen LogP contribution in [0.4, 0.5) is 5.69 Å². The topological polar surface area (TPSA) is 56.0 Å². The van der Waals surface area contributed by atoms with Crippen LogP contribution in [0.1, 0.15) is 5.69 Å². The molecule has 4 nitrogen and oxygen atoms in total. The summed E-state index contributed by atoms with van der Waals surface area (Å²) in [4.78, 5) is 13.9. The van der Waals surface area contributed by atoms with Crippen LogP contribution >= 0.6 is 15.9 Å². The van der Waals surface area contributed by atoms with E-state index in [1.165, 1.54) is 12.3 Å². The highest BCUT2D eigenvalue weighted by atomic mass is 79.9. The maximum atomic E-state index is 10.5. The van der Waals surface area contributed by atoms with Gasteiger partial charge in [0, 0.05) is 16.7 Å². The average Bonchev–Trinajstić information content (AvgIpc) is 2.08. The van der Waals surface area contributed by atoms with Crippen molar-refractivity contribution in [2.24, 2.45) is 0 Å². The molecule has 1 heterocycles. The summed E-state index contributed by atoms with van der Waals surface area (Å²) >= 11 is 3.10. The van der Waals surface area contributed by atoms with Gasteiger partial charge in [0.2, 0.25) is 0 Å². The van der Waals surface area contributed by atoms with E-state index in [-0.39, 0.29) is 12.1 Å². The molecule has 0 aliphatic carbocycles. The van der Waals surface area contributed by atoms with Gasteiger partial charge < -0.3 is 0 Å². The molecule has 1 rings (SSSR count). The van der Waals surface area contributed by atoms with E-state index < -0.39 is 4.92 Å². The Morgan fingerprint density at radius 2 is 2.46 bits per heavy atom. The number of halogens is 1. The van der Waals surface area contributed by atoms with E-state index in [1.807, 2.05) is 0 Å². The lowest BCUT2D eigenvalue weighted by molar-refractivity contribution is -0.385. The molecule has 0 unspecified atom stereocenters. The zero-order valence-corrected chi connectivity index (χ0v) is 8.11. The van der Waals surface area contributed by atoms with Crippen molar-refractivity contribution >= 4 is 21.6 Å². The van der Waals surface area contributed by atoms with Crippen LogP contribution in [-0.2, 0) is 6.42 Å². The maximum absolute atomic E-state index is 10.5. The summed E-state index contributed by atoms with van der Waals surface area (Å²) in [6.45, 7) is 0. The first kappa shape index (κ1) is 9.68. The number of pyridine rings is 1. The van der Waals surface area contributed by atoms with Crippen molar-refractivity contribution in [3.8, 4) is 12.3 Å². The molecular formula is C8H5BrN2O2. The molecule has 0 radical (unpaired) electrons. The minimum atomic E-state index is -0.496. The number of rotatable bonds is 2. The van der Waals surface area contributed by atoms with Gasteiger partial charge in [-0.05, 0) is 15.9 Å². The molecule has 0 saturated heterocycles. The predicted octanol–water partition coefficient (Wildman–Crippen LogP) is 1.93. The Balaban J connectivity index is 3.20. The first-order valence-corrected chi connectivity index (χ1v) is 4.16. The minimum Gasteiger partial charge on any atom is -0.258 e. The van der Waals surface area contributed by atoms with Gasteiger partial charge in [0.15, 0.2) is 0 Å². The molecule has 0 spiro atoms. The van der Waals surface area contributed by atoms with Crippen LogP contribution in [0, 0.1) is 22.5 Å². The molecular weight excluding hydrogens is 236 g/mol. The lowest BCUT2D eigenvalue weighted by Gasteiger charge is -1.97. The van der Waals surface area contributed by atoms with Gasteiger partial charge in [-0.15, -0.1) is 12.3 Å². The van der Waals surface area contributed by atoms with Gasteiger partial charge in [0.25, 0.3) is 5.69 Å². The maximum Gasteiger partial charge on any atom is 0.292 e. The van der Waals surface area contributed by atoms with Crippen LogP contribution in [0.25, 0.3) is 0 Å². The van der Waals surface area contributed by atoms with Gasteiger partial charge in [0.05, 0.1) is 11.3 Å². The van der Waals surface area contributed by atoms with Gasteiger partial charge in [0.1, 0.15) is 5.69 Å². The lowest BCUT2D eigenvalue weighted by Crippen LogP contribution is -1.97. The van der Waals surface area contributed by atoms with Crippen LogP contribution in [0.15, 0.2) is 16.7 Å². The van der Waals surface area contributed by atoms with E-state index in [0.29, 0.717) is 10.2 Å². The molecule has 0 amide bonds. The van der Waals surface area contributed by atoms with E-state index in [1.54, 1.807) is 0 Å². The normalized spacial score (nSPS) is 9.23. The van der Waals surface area contributed by atoms with Crippen molar-refractivity contribution < 1.29 is 4.92 Å². The number of terminal acetylenes is 1. The second-order valence-corrected chi connectivity index (χ2v) is 3.17. The summed E-state index contributed by atoms with van der Waals surface area (Å²) in [6.07, 6.45) is 6.70. The molecule has 0 atom stereocenters. The molecule has 13 heavy (non-hydrogen) atoms. The Bertz CT molecular complexity index is 384. The molecule has 0 bridgehead atoms. The Hall–Kier alpha value is -1.41. The van der Waals surface area contributed by atoms with E-state index in [2.05, 4.69) is 26.8 Å². The summed E-state index contributed by atoms with van der Waals surface area (Å²) in [7, 11) is 0. The highest BCUT2D eigenvalue weighted by molar-refractivity contribution is 9.10. The van der Waals surface area contributed by atoms with E-state index in [0.717, 1.165) is 0 Å². The standard InChI is InChI=1S/C8H5BrN2O2/c1-2-3-7-8(11(12)13)4-6(9)5-10-7/h1,4-5H,3H2. The molecule has 0 aliphatic rings. The molecule has 1 aromatic heterocycles. The highest BCUT2D eigenvalue weighted by Gasteiger charge is 2.14. The third-order valence-corrected chi connectivity index (χ3v) is 1.81. The third kappa shape index (κ3) is 2.26. The summed E-state index contributed by atoms with van der Waals surface area (Å²) in [5.41, 5.74) is 0.267. The fraction of sp³-hybridized carbons (Fsp3) is 0.125. The van der Waals surface area contributed by atoms with Crippen LogP contribution in [0.3, 0.4) is 0 Å². The van der Waals surface area contributed by atoms with Crippen molar-refractivity contribution in [3.63, 3.8) is 0 Å². The van der Waals surface area contributed by atoms with Crippen molar-refractivity contribution in [2.75, 3.05) is 0 Å². The van der Waals surface area contributed by atoms with Crippen molar-refractivity contribution in [1.82, 2.24) is 4.98 Å². The molecule has 0 aromatic carbocycles.